The summed E-state index contributed by atoms with van der Waals surface area (Å²) >= 11 is 0. The van der Waals surface area contributed by atoms with Crippen molar-refractivity contribution in [2.75, 3.05) is 0 Å². The van der Waals surface area contributed by atoms with E-state index in [2.05, 4.69) is 6.92 Å². The topological polar surface area (TPSA) is 34.1 Å². The quantitative estimate of drug-likeness (QED) is 0.586. The van der Waals surface area contributed by atoms with Crippen molar-refractivity contribution in [3.8, 4) is 0 Å². The second-order valence-electron chi connectivity index (χ2n) is 5.04. The highest BCUT2D eigenvalue weighted by atomic mass is 16.1. The number of aryl methyl sites for hydroxylation is 1. The molecule has 0 aliphatic heterocycles. The standard InChI is InChI=1S/C16H20O2/c1-2-3-4-9-15(17)14-11-10-12-7-5-6-8-13(12)16(14)18/h5-8,14H,2-4,9-11H2,1H3. The number of carbonyl (C=O) groups excluding carboxylic acids is 2. The average Bonchev–Trinajstić information content (AvgIpc) is 2.39. The normalized spacial score (nSPS) is 18.5. The zero-order chi connectivity index (χ0) is 13.0. The lowest BCUT2D eigenvalue weighted by Gasteiger charge is -2.22. The number of hydrogen-bond donors (Lipinski definition) is 0. The Kier molecular flexibility index (Phi) is 4.29. The van der Waals surface area contributed by atoms with Crippen LogP contribution in [0.2, 0.25) is 0 Å². The summed E-state index contributed by atoms with van der Waals surface area (Å²) in [6.07, 6.45) is 5.21. The molecule has 0 saturated carbocycles. The molecule has 0 fully saturated rings. The van der Waals surface area contributed by atoms with Crippen LogP contribution in [0.3, 0.4) is 0 Å². The zero-order valence-electron chi connectivity index (χ0n) is 10.9. The first-order chi connectivity index (χ1) is 8.74. The van der Waals surface area contributed by atoms with E-state index >= 15 is 0 Å². The van der Waals surface area contributed by atoms with Gasteiger partial charge in [-0.2, -0.15) is 0 Å². The summed E-state index contributed by atoms with van der Waals surface area (Å²) in [5.74, 6) is -0.196. The van der Waals surface area contributed by atoms with Crippen LogP contribution in [0.1, 0.15) is 54.9 Å². The summed E-state index contributed by atoms with van der Waals surface area (Å²) in [6.45, 7) is 2.12. The van der Waals surface area contributed by atoms with Crippen molar-refractivity contribution in [3.63, 3.8) is 0 Å². The first-order valence-electron chi connectivity index (χ1n) is 6.89. The lowest BCUT2D eigenvalue weighted by Crippen LogP contribution is -2.29. The SMILES string of the molecule is CCCCCC(=O)C1CCc2ccccc2C1=O. The van der Waals surface area contributed by atoms with Gasteiger partial charge < -0.3 is 0 Å². The highest BCUT2D eigenvalue weighted by Gasteiger charge is 2.31. The Balaban J connectivity index is 2.05. The third-order valence-corrected chi connectivity index (χ3v) is 3.72. The molecule has 1 atom stereocenters. The molecule has 0 heterocycles. The molecule has 1 aromatic carbocycles. The minimum Gasteiger partial charge on any atom is -0.299 e. The van der Waals surface area contributed by atoms with Crippen molar-refractivity contribution < 1.29 is 9.59 Å². The Morgan fingerprint density at radius 3 is 2.83 bits per heavy atom. The Hall–Kier alpha value is -1.44. The second kappa shape index (κ2) is 5.94. The van der Waals surface area contributed by atoms with Crippen LogP contribution < -0.4 is 0 Å². The van der Waals surface area contributed by atoms with Crippen molar-refractivity contribution in [1.29, 1.82) is 0 Å². The van der Waals surface area contributed by atoms with E-state index in [1.807, 2.05) is 24.3 Å². The summed E-state index contributed by atoms with van der Waals surface area (Å²) in [6, 6.07) is 7.67. The van der Waals surface area contributed by atoms with Crippen LogP contribution in [0.5, 0.6) is 0 Å². The van der Waals surface area contributed by atoms with Crippen molar-refractivity contribution in [3.05, 3.63) is 35.4 Å². The van der Waals surface area contributed by atoms with E-state index in [0.717, 1.165) is 36.8 Å². The number of rotatable bonds is 5. The number of carbonyl (C=O) groups is 2. The van der Waals surface area contributed by atoms with Gasteiger partial charge in [0.2, 0.25) is 0 Å². The Labute approximate surface area is 108 Å². The van der Waals surface area contributed by atoms with Crippen LogP contribution in [0.15, 0.2) is 24.3 Å². The number of Topliss-reactive ketones (excluding diaryl/α,β-unsaturated/α-hetero) is 2. The summed E-state index contributed by atoms with van der Waals surface area (Å²) in [5.41, 5.74) is 1.86. The molecule has 1 aromatic rings. The number of hydrogen-bond acceptors (Lipinski definition) is 2. The van der Waals surface area contributed by atoms with Gasteiger partial charge in [0.25, 0.3) is 0 Å². The lowest BCUT2D eigenvalue weighted by molar-refractivity contribution is -0.121. The largest absolute Gasteiger partial charge is 0.299 e. The highest BCUT2D eigenvalue weighted by Crippen LogP contribution is 2.27. The molecule has 1 aliphatic carbocycles. The fourth-order valence-electron chi connectivity index (χ4n) is 2.63. The van der Waals surface area contributed by atoms with E-state index in [-0.39, 0.29) is 17.5 Å². The van der Waals surface area contributed by atoms with E-state index in [4.69, 9.17) is 0 Å². The summed E-state index contributed by atoms with van der Waals surface area (Å²) in [5, 5.41) is 0. The van der Waals surface area contributed by atoms with Crippen molar-refractivity contribution in [1.82, 2.24) is 0 Å². The minimum absolute atomic E-state index is 0.0401. The third kappa shape index (κ3) is 2.69. The lowest BCUT2D eigenvalue weighted by atomic mass is 9.79. The molecule has 0 saturated heterocycles. The van der Waals surface area contributed by atoms with Gasteiger partial charge in [0.1, 0.15) is 5.78 Å². The molecule has 2 nitrogen and oxygen atoms in total. The number of benzene rings is 1. The van der Waals surface area contributed by atoms with Gasteiger partial charge in [0, 0.05) is 12.0 Å². The van der Waals surface area contributed by atoms with Crippen molar-refractivity contribution in [2.24, 2.45) is 5.92 Å². The summed E-state index contributed by atoms with van der Waals surface area (Å²) in [4.78, 5) is 24.3. The van der Waals surface area contributed by atoms with Crippen LogP contribution in [0.25, 0.3) is 0 Å². The van der Waals surface area contributed by atoms with Crippen molar-refractivity contribution >= 4 is 11.6 Å². The molecule has 0 radical (unpaired) electrons. The molecule has 0 bridgehead atoms. The fourth-order valence-corrected chi connectivity index (χ4v) is 2.63. The summed E-state index contributed by atoms with van der Waals surface area (Å²) < 4.78 is 0. The maximum atomic E-state index is 12.3. The Bertz CT molecular complexity index is 448. The van der Waals surface area contributed by atoms with Crippen LogP contribution in [0, 0.1) is 5.92 Å². The molecular formula is C16H20O2. The van der Waals surface area contributed by atoms with Crippen LogP contribution in [-0.2, 0) is 11.2 Å². The monoisotopic (exact) mass is 244 g/mol. The maximum Gasteiger partial charge on any atom is 0.173 e. The van der Waals surface area contributed by atoms with Crippen LogP contribution >= 0.6 is 0 Å². The molecule has 18 heavy (non-hydrogen) atoms. The maximum absolute atomic E-state index is 12.3. The predicted molar refractivity (Wildman–Crippen MR) is 71.7 cm³/mol. The van der Waals surface area contributed by atoms with E-state index in [1.165, 1.54) is 0 Å². The van der Waals surface area contributed by atoms with Gasteiger partial charge in [0.05, 0.1) is 5.92 Å². The first-order valence-corrected chi connectivity index (χ1v) is 6.89. The van der Waals surface area contributed by atoms with Crippen molar-refractivity contribution in [2.45, 2.75) is 45.4 Å². The number of ketones is 2. The van der Waals surface area contributed by atoms with Gasteiger partial charge in [-0.05, 0) is 24.8 Å². The van der Waals surface area contributed by atoms with Gasteiger partial charge in [-0.15, -0.1) is 0 Å². The smallest absolute Gasteiger partial charge is 0.173 e. The van der Waals surface area contributed by atoms with Gasteiger partial charge >= 0.3 is 0 Å². The number of fused-ring (bicyclic) bond motifs is 1. The summed E-state index contributed by atoms with van der Waals surface area (Å²) in [7, 11) is 0. The fraction of sp³-hybridized carbons (Fsp3) is 0.500. The van der Waals surface area contributed by atoms with Gasteiger partial charge in [-0.25, -0.2) is 0 Å². The molecule has 96 valence electrons. The third-order valence-electron chi connectivity index (χ3n) is 3.72. The molecule has 0 amide bonds. The molecule has 1 unspecified atom stereocenters. The van der Waals surface area contributed by atoms with Gasteiger partial charge in [-0.3, -0.25) is 9.59 Å². The first kappa shape index (κ1) is 13.0. The van der Waals surface area contributed by atoms with E-state index in [0.29, 0.717) is 12.8 Å². The van der Waals surface area contributed by atoms with E-state index < -0.39 is 0 Å². The zero-order valence-corrected chi connectivity index (χ0v) is 10.9. The molecule has 0 aromatic heterocycles. The molecular weight excluding hydrogens is 224 g/mol. The van der Waals surface area contributed by atoms with Gasteiger partial charge in [0.15, 0.2) is 5.78 Å². The Morgan fingerprint density at radius 1 is 1.28 bits per heavy atom. The van der Waals surface area contributed by atoms with Crippen LogP contribution in [0.4, 0.5) is 0 Å². The van der Waals surface area contributed by atoms with Crippen LogP contribution in [-0.4, -0.2) is 11.6 Å². The average molecular weight is 244 g/mol. The van der Waals surface area contributed by atoms with E-state index in [9.17, 15) is 9.59 Å². The molecule has 0 spiro atoms. The molecule has 2 heteroatoms. The molecule has 1 aliphatic rings. The molecule has 0 N–H and O–H groups in total. The highest BCUT2D eigenvalue weighted by molar-refractivity contribution is 6.12. The predicted octanol–water partition coefficient (Wildman–Crippen LogP) is 3.58. The minimum atomic E-state index is -0.378. The molecule has 2 rings (SSSR count). The van der Waals surface area contributed by atoms with Gasteiger partial charge in [-0.1, -0.05) is 44.0 Å². The Morgan fingerprint density at radius 2 is 2.06 bits per heavy atom. The second-order valence-corrected chi connectivity index (χ2v) is 5.04. The van der Waals surface area contributed by atoms with E-state index in [1.54, 1.807) is 0 Å². The number of unbranched alkanes of at least 4 members (excludes halogenated alkanes) is 2.